The van der Waals surface area contributed by atoms with Gasteiger partial charge in [0.2, 0.25) is 0 Å². The minimum Gasteiger partial charge on any atom is -0.330 e. The van der Waals surface area contributed by atoms with E-state index in [0.29, 0.717) is 26.1 Å². The van der Waals surface area contributed by atoms with Gasteiger partial charge in [0.15, 0.2) is 0 Å². The molecule has 5 nitrogen and oxygen atoms in total. The van der Waals surface area contributed by atoms with Gasteiger partial charge in [-0.3, -0.25) is 13.9 Å². The summed E-state index contributed by atoms with van der Waals surface area (Å²) in [5, 5.41) is 0. The van der Waals surface area contributed by atoms with Crippen LogP contribution in [-0.4, -0.2) is 15.7 Å². The first-order chi connectivity index (χ1) is 10.0. The standard InChI is InChI=1S/C15H18FN3O2/c1-11-9-13(16)4-3-12(11)10-18-8-5-14(20)19(15(18)21)7-2-6-17/h3-5,8-9H,2,6-7,10,17H2,1H3. The Hall–Kier alpha value is -2.21. The number of aryl methyl sites for hydroxylation is 1. The van der Waals surface area contributed by atoms with Crippen molar-refractivity contribution in [1.29, 1.82) is 0 Å². The fourth-order valence-corrected chi connectivity index (χ4v) is 2.15. The maximum Gasteiger partial charge on any atom is 0.331 e. The second-order valence-corrected chi connectivity index (χ2v) is 4.93. The van der Waals surface area contributed by atoms with Crippen LogP contribution in [0.3, 0.4) is 0 Å². The molecule has 0 spiro atoms. The molecule has 0 saturated heterocycles. The Bertz CT molecular complexity index is 749. The first kappa shape index (κ1) is 15.2. The lowest BCUT2D eigenvalue weighted by atomic mass is 10.1. The molecule has 6 heteroatoms. The van der Waals surface area contributed by atoms with Crippen LogP contribution in [0.1, 0.15) is 17.5 Å². The van der Waals surface area contributed by atoms with Crippen LogP contribution in [0, 0.1) is 12.7 Å². The van der Waals surface area contributed by atoms with Crippen molar-refractivity contribution in [3.63, 3.8) is 0 Å². The largest absolute Gasteiger partial charge is 0.331 e. The van der Waals surface area contributed by atoms with E-state index in [4.69, 9.17) is 5.73 Å². The molecule has 2 N–H and O–H groups in total. The first-order valence-electron chi connectivity index (χ1n) is 6.78. The Morgan fingerprint density at radius 2 is 2.00 bits per heavy atom. The van der Waals surface area contributed by atoms with E-state index in [0.717, 1.165) is 11.1 Å². The van der Waals surface area contributed by atoms with Gasteiger partial charge in [-0.05, 0) is 43.1 Å². The quantitative estimate of drug-likeness (QED) is 0.888. The number of hydrogen-bond acceptors (Lipinski definition) is 3. The molecule has 2 rings (SSSR count). The third kappa shape index (κ3) is 3.46. The normalized spacial score (nSPS) is 10.8. The molecule has 0 aliphatic rings. The van der Waals surface area contributed by atoms with Gasteiger partial charge in [-0.1, -0.05) is 6.07 Å². The molecule has 1 heterocycles. The summed E-state index contributed by atoms with van der Waals surface area (Å²) in [6.07, 6.45) is 2.03. The summed E-state index contributed by atoms with van der Waals surface area (Å²) >= 11 is 0. The van der Waals surface area contributed by atoms with Crippen molar-refractivity contribution in [2.75, 3.05) is 6.54 Å². The molecule has 21 heavy (non-hydrogen) atoms. The zero-order valence-electron chi connectivity index (χ0n) is 11.9. The maximum absolute atomic E-state index is 13.1. The van der Waals surface area contributed by atoms with E-state index in [1.807, 2.05) is 0 Å². The molecule has 0 radical (unpaired) electrons. The predicted molar refractivity (Wildman–Crippen MR) is 78.9 cm³/mol. The second kappa shape index (κ2) is 6.49. The third-order valence-electron chi connectivity index (χ3n) is 3.37. The summed E-state index contributed by atoms with van der Waals surface area (Å²) in [7, 11) is 0. The van der Waals surface area contributed by atoms with Crippen molar-refractivity contribution in [3.8, 4) is 0 Å². The molecule has 0 aliphatic carbocycles. The van der Waals surface area contributed by atoms with Crippen LogP contribution < -0.4 is 17.0 Å². The van der Waals surface area contributed by atoms with Crippen molar-refractivity contribution < 1.29 is 4.39 Å². The Labute approximate surface area is 121 Å². The summed E-state index contributed by atoms with van der Waals surface area (Å²) in [5.74, 6) is -0.309. The second-order valence-electron chi connectivity index (χ2n) is 4.93. The highest BCUT2D eigenvalue weighted by Crippen LogP contribution is 2.10. The van der Waals surface area contributed by atoms with E-state index >= 15 is 0 Å². The smallest absolute Gasteiger partial charge is 0.330 e. The molecule has 0 aliphatic heterocycles. The van der Waals surface area contributed by atoms with Crippen LogP contribution in [0.4, 0.5) is 4.39 Å². The van der Waals surface area contributed by atoms with Gasteiger partial charge in [0, 0.05) is 18.8 Å². The number of hydrogen-bond donors (Lipinski definition) is 1. The third-order valence-corrected chi connectivity index (χ3v) is 3.37. The molecule has 0 saturated carbocycles. The van der Waals surface area contributed by atoms with Gasteiger partial charge in [0.05, 0.1) is 6.54 Å². The molecule has 0 fully saturated rings. The Balaban J connectivity index is 2.36. The van der Waals surface area contributed by atoms with Crippen LogP contribution in [0.25, 0.3) is 0 Å². The van der Waals surface area contributed by atoms with Gasteiger partial charge >= 0.3 is 5.69 Å². The van der Waals surface area contributed by atoms with Gasteiger partial charge in [0.1, 0.15) is 5.82 Å². The average Bonchev–Trinajstić information content (AvgIpc) is 2.44. The molecule has 0 unspecified atom stereocenters. The molecule has 1 aromatic heterocycles. The summed E-state index contributed by atoms with van der Waals surface area (Å²) in [4.78, 5) is 24.0. The van der Waals surface area contributed by atoms with E-state index < -0.39 is 0 Å². The number of halogens is 1. The van der Waals surface area contributed by atoms with Crippen LogP contribution in [0.15, 0.2) is 40.1 Å². The molecule has 0 atom stereocenters. The summed E-state index contributed by atoms with van der Waals surface area (Å²) in [5.41, 5.74) is 6.31. The summed E-state index contributed by atoms with van der Waals surface area (Å²) in [6, 6.07) is 5.78. The number of benzene rings is 1. The molecular weight excluding hydrogens is 273 g/mol. The maximum atomic E-state index is 13.1. The number of aromatic nitrogens is 2. The van der Waals surface area contributed by atoms with Gasteiger partial charge in [-0.25, -0.2) is 9.18 Å². The lowest BCUT2D eigenvalue weighted by Gasteiger charge is -2.11. The fraction of sp³-hybridized carbons (Fsp3) is 0.333. The van der Waals surface area contributed by atoms with Crippen molar-refractivity contribution in [3.05, 3.63) is 68.2 Å². The summed E-state index contributed by atoms with van der Waals surface area (Å²) < 4.78 is 15.7. The van der Waals surface area contributed by atoms with Crippen molar-refractivity contribution >= 4 is 0 Å². The molecule has 0 bridgehead atoms. The monoisotopic (exact) mass is 291 g/mol. The average molecular weight is 291 g/mol. The van der Waals surface area contributed by atoms with Crippen LogP contribution >= 0.6 is 0 Å². The topological polar surface area (TPSA) is 70.0 Å². The molecule has 0 amide bonds. The fourth-order valence-electron chi connectivity index (χ4n) is 2.15. The van der Waals surface area contributed by atoms with Crippen molar-refractivity contribution in [1.82, 2.24) is 9.13 Å². The molecule has 1 aromatic carbocycles. The van der Waals surface area contributed by atoms with Crippen LogP contribution in [0.2, 0.25) is 0 Å². The van der Waals surface area contributed by atoms with E-state index in [-0.39, 0.29) is 17.1 Å². The highest BCUT2D eigenvalue weighted by atomic mass is 19.1. The van der Waals surface area contributed by atoms with Crippen molar-refractivity contribution in [2.45, 2.75) is 26.4 Å². The van der Waals surface area contributed by atoms with E-state index in [1.165, 1.54) is 33.5 Å². The highest BCUT2D eigenvalue weighted by molar-refractivity contribution is 5.26. The lowest BCUT2D eigenvalue weighted by molar-refractivity contribution is 0.553. The SMILES string of the molecule is Cc1cc(F)ccc1Cn1ccc(=O)n(CCCN)c1=O. The lowest BCUT2D eigenvalue weighted by Crippen LogP contribution is -2.39. The van der Waals surface area contributed by atoms with Crippen LogP contribution in [-0.2, 0) is 13.1 Å². The van der Waals surface area contributed by atoms with Crippen LogP contribution in [0.5, 0.6) is 0 Å². The number of rotatable bonds is 5. The first-order valence-corrected chi connectivity index (χ1v) is 6.78. The zero-order valence-corrected chi connectivity index (χ0v) is 11.9. The molecule has 112 valence electrons. The van der Waals surface area contributed by atoms with Gasteiger partial charge < -0.3 is 5.73 Å². The van der Waals surface area contributed by atoms with Gasteiger partial charge in [-0.2, -0.15) is 0 Å². The predicted octanol–water partition coefficient (Wildman–Crippen LogP) is 0.855. The van der Waals surface area contributed by atoms with Gasteiger partial charge in [0.25, 0.3) is 5.56 Å². The molecule has 2 aromatic rings. The number of nitrogens with zero attached hydrogens (tertiary/aromatic N) is 2. The van der Waals surface area contributed by atoms with E-state index in [1.54, 1.807) is 13.0 Å². The van der Waals surface area contributed by atoms with Crippen molar-refractivity contribution in [2.24, 2.45) is 5.73 Å². The minimum absolute atomic E-state index is 0.299. The van der Waals surface area contributed by atoms with E-state index in [9.17, 15) is 14.0 Å². The van der Waals surface area contributed by atoms with Gasteiger partial charge in [-0.15, -0.1) is 0 Å². The zero-order chi connectivity index (χ0) is 15.4. The molecular formula is C15H18FN3O2. The Kier molecular flexibility index (Phi) is 4.70. The highest BCUT2D eigenvalue weighted by Gasteiger charge is 2.07. The summed E-state index contributed by atoms with van der Waals surface area (Å²) in [6.45, 7) is 2.80. The Morgan fingerprint density at radius 1 is 1.24 bits per heavy atom. The Morgan fingerprint density at radius 3 is 2.67 bits per heavy atom. The minimum atomic E-state index is -0.375. The van der Waals surface area contributed by atoms with E-state index in [2.05, 4.69) is 0 Å². The number of nitrogens with two attached hydrogens (primary N) is 1.